The van der Waals surface area contributed by atoms with Gasteiger partial charge >= 0.3 is 0 Å². The summed E-state index contributed by atoms with van der Waals surface area (Å²) >= 11 is 0. The molecule has 1 aromatic rings. The molecule has 1 saturated carbocycles. The number of hydrogen-bond donors (Lipinski definition) is 6. The zero-order valence-corrected chi connectivity index (χ0v) is 17.1. The van der Waals surface area contributed by atoms with E-state index < -0.39 is 81.8 Å². The number of aliphatic hydroxyl groups is 4. The van der Waals surface area contributed by atoms with Crippen LogP contribution < -0.4 is 5.73 Å². The molecule has 168 valence electrons. The number of primary amides is 1. The van der Waals surface area contributed by atoms with Crippen molar-refractivity contribution in [1.82, 2.24) is 0 Å². The van der Waals surface area contributed by atoms with Gasteiger partial charge in [-0.2, -0.15) is 0 Å². The molecule has 10 nitrogen and oxygen atoms in total. The summed E-state index contributed by atoms with van der Waals surface area (Å²) in [5.41, 5.74) is 0.970. The molecule has 0 bridgehead atoms. The third-order valence-electron chi connectivity index (χ3n) is 6.86. The first-order valence-corrected chi connectivity index (χ1v) is 9.87. The molecule has 0 aromatic heterocycles. The molecule has 5 atom stereocenters. The molecule has 7 N–H and O–H groups in total. The average Bonchev–Trinajstić information content (AvgIpc) is 2.70. The summed E-state index contributed by atoms with van der Waals surface area (Å²) in [5.74, 6) is -9.91. The van der Waals surface area contributed by atoms with Crippen LogP contribution >= 0.6 is 0 Å². The minimum atomic E-state index is -2.89. The number of ketones is 3. The number of benzene rings is 1. The largest absolute Gasteiger partial charge is 0.508 e. The monoisotopic (exact) mass is 443 g/mol. The van der Waals surface area contributed by atoms with E-state index in [-0.39, 0.29) is 22.5 Å². The molecule has 0 radical (unpaired) electrons. The molecule has 3 aliphatic rings. The molecule has 0 saturated heterocycles. The van der Waals surface area contributed by atoms with Crippen LogP contribution in [0.25, 0.3) is 5.76 Å². The van der Waals surface area contributed by atoms with Gasteiger partial charge in [-0.15, -0.1) is 0 Å². The van der Waals surface area contributed by atoms with Crippen LogP contribution in [0.2, 0.25) is 0 Å². The van der Waals surface area contributed by atoms with Crippen LogP contribution in [0.5, 0.6) is 5.75 Å². The number of aromatic hydroxyl groups is 1. The van der Waals surface area contributed by atoms with Crippen molar-refractivity contribution in [3.05, 3.63) is 45.7 Å². The predicted molar refractivity (Wildman–Crippen MR) is 107 cm³/mol. The van der Waals surface area contributed by atoms with Crippen LogP contribution in [-0.4, -0.2) is 60.5 Å². The summed E-state index contributed by atoms with van der Waals surface area (Å²) in [4.78, 5) is 49.7. The minimum absolute atomic E-state index is 0.162. The quantitative estimate of drug-likeness (QED) is 0.272. The fourth-order valence-electron chi connectivity index (χ4n) is 5.39. The maximum Gasteiger partial charge on any atom is 0.255 e. The maximum atomic E-state index is 13.5. The summed E-state index contributed by atoms with van der Waals surface area (Å²) < 4.78 is 0. The first kappa shape index (κ1) is 21.7. The number of rotatable bonds is 2. The fourth-order valence-corrected chi connectivity index (χ4v) is 5.39. The Kier molecular flexibility index (Phi) is 4.58. The molecule has 0 aliphatic heterocycles. The fraction of sp³-hybridized carbons (Fsp3) is 0.364. The second kappa shape index (κ2) is 6.75. The van der Waals surface area contributed by atoms with Gasteiger partial charge in [-0.3, -0.25) is 19.2 Å². The number of nitrogens with two attached hydrogens (primary N) is 1. The van der Waals surface area contributed by atoms with Crippen LogP contribution in [0.15, 0.2) is 29.0 Å². The molecule has 0 spiro atoms. The summed E-state index contributed by atoms with van der Waals surface area (Å²) in [5, 5.41) is 54.2. The molecule has 1 fully saturated rings. The van der Waals surface area contributed by atoms with Crippen LogP contribution in [0, 0.1) is 11.8 Å². The Morgan fingerprint density at radius 3 is 2.34 bits per heavy atom. The van der Waals surface area contributed by atoms with E-state index in [2.05, 4.69) is 0 Å². The van der Waals surface area contributed by atoms with E-state index in [0.717, 1.165) is 0 Å². The zero-order valence-electron chi connectivity index (χ0n) is 17.1. The molecule has 3 aliphatic carbocycles. The lowest BCUT2D eigenvalue weighted by molar-refractivity contribution is -0.160. The number of fused-ring (bicyclic) bond motifs is 3. The smallest absolute Gasteiger partial charge is 0.255 e. The van der Waals surface area contributed by atoms with E-state index >= 15 is 0 Å². The first-order valence-electron chi connectivity index (χ1n) is 9.87. The standard InChI is InChI=1S/C22H21NO9/c1-6-12-8(7(2)24)3-4-10(25)14(12)18(28)16-13(6)17(27)9-5-11(26)15(21(23)31)19(29)22(9,32)20(16)30/h3-4,6,9,13,17,25,27-29,32H,5H2,1-2H3,(H2,23,31)/t6-,9+,13+,17+,22+/m0/s1. The molecule has 0 unspecified atom stereocenters. The number of aliphatic hydroxyl groups excluding tert-OH is 3. The van der Waals surface area contributed by atoms with Gasteiger partial charge in [-0.25, -0.2) is 0 Å². The topological polar surface area (TPSA) is 195 Å². The summed E-state index contributed by atoms with van der Waals surface area (Å²) in [6.07, 6.45) is -2.30. The van der Waals surface area contributed by atoms with Gasteiger partial charge in [0.2, 0.25) is 5.78 Å². The normalized spacial score (nSPS) is 31.8. The number of phenolic OH excluding ortho intramolecular Hbond substituents is 1. The van der Waals surface area contributed by atoms with E-state index in [1.165, 1.54) is 19.1 Å². The zero-order chi connectivity index (χ0) is 23.9. The highest BCUT2D eigenvalue weighted by Crippen LogP contribution is 2.56. The van der Waals surface area contributed by atoms with Crippen LogP contribution in [0.4, 0.5) is 0 Å². The molecular formula is C22H21NO9. The summed E-state index contributed by atoms with van der Waals surface area (Å²) in [7, 11) is 0. The van der Waals surface area contributed by atoms with Gasteiger partial charge in [-0.05, 0) is 30.5 Å². The van der Waals surface area contributed by atoms with Crippen molar-refractivity contribution in [2.75, 3.05) is 0 Å². The number of amides is 1. The Hall–Kier alpha value is -3.50. The van der Waals surface area contributed by atoms with Crippen molar-refractivity contribution in [3.63, 3.8) is 0 Å². The lowest BCUT2D eigenvalue weighted by Gasteiger charge is -2.50. The van der Waals surface area contributed by atoms with E-state index in [0.29, 0.717) is 0 Å². The molecule has 1 amide bonds. The maximum absolute atomic E-state index is 13.5. The Bertz CT molecular complexity index is 1190. The van der Waals surface area contributed by atoms with Gasteiger partial charge < -0.3 is 31.3 Å². The van der Waals surface area contributed by atoms with Gasteiger partial charge in [0.05, 0.1) is 11.7 Å². The molecule has 32 heavy (non-hydrogen) atoms. The number of carbonyl (C=O) groups is 4. The predicted octanol–water partition coefficient (Wildman–Crippen LogP) is 0.158. The molecule has 4 rings (SSSR count). The Balaban J connectivity index is 2.05. The van der Waals surface area contributed by atoms with E-state index in [9.17, 15) is 44.7 Å². The van der Waals surface area contributed by atoms with Gasteiger partial charge in [0, 0.05) is 29.4 Å². The first-order chi connectivity index (χ1) is 14.8. The average molecular weight is 443 g/mol. The number of carbonyl (C=O) groups excluding carboxylic acids is 4. The van der Waals surface area contributed by atoms with Gasteiger partial charge in [-0.1, -0.05) is 6.92 Å². The van der Waals surface area contributed by atoms with Crippen molar-refractivity contribution in [1.29, 1.82) is 0 Å². The summed E-state index contributed by atoms with van der Waals surface area (Å²) in [6, 6.07) is 2.53. The Labute approximate surface area is 181 Å². The SMILES string of the molecule is CC(=O)c1ccc(O)c2c1[C@H](C)[C@@H]1C(=C2O)C(=O)[C@]2(O)C(O)=C(C(N)=O)C(=O)C[C@@H]2[C@H]1O. The van der Waals surface area contributed by atoms with Crippen LogP contribution in [0.3, 0.4) is 0 Å². The van der Waals surface area contributed by atoms with E-state index in [1.807, 2.05) is 0 Å². The third kappa shape index (κ3) is 2.47. The highest BCUT2D eigenvalue weighted by molar-refractivity contribution is 6.23. The Morgan fingerprint density at radius 2 is 1.78 bits per heavy atom. The van der Waals surface area contributed by atoms with Crippen molar-refractivity contribution >= 4 is 29.0 Å². The molecule has 0 heterocycles. The highest BCUT2D eigenvalue weighted by Gasteiger charge is 2.65. The molecule has 10 heteroatoms. The minimum Gasteiger partial charge on any atom is -0.508 e. The highest BCUT2D eigenvalue weighted by atomic mass is 16.4. The summed E-state index contributed by atoms with van der Waals surface area (Å²) in [6.45, 7) is 2.85. The molecular weight excluding hydrogens is 422 g/mol. The second-order valence-electron chi connectivity index (χ2n) is 8.46. The van der Waals surface area contributed by atoms with Gasteiger partial charge in [0.1, 0.15) is 22.8 Å². The van der Waals surface area contributed by atoms with Gasteiger partial charge in [0.25, 0.3) is 5.91 Å². The number of phenols is 1. The second-order valence-corrected chi connectivity index (χ2v) is 8.46. The lowest BCUT2D eigenvalue weighted by atomic mass is 9.55. The van der Waals surface area contributed by atoms with Crippen molar-refractivity contribution in [2.24, 2.45) is 17.6 Å². The molecule has 1 aromatic carbocycles. The van der Waals surface area contributed by atoms with E-state index in [4.69, 9.17) is 5.73 Å². The third-order valence-corrected chi connectivity index (χ3v) is 6.86. The number of hydrogen-bond acceptors (Lipinski definition) is 9. The van der Waals surface area contributed by atoms with Crippen LogP contribution in [0.1, 0.15) is 47.7 Å². The van der Waals surface area contributed by atoms with Gasteiger partial charge in [0.15, 0.2) is 17.2 Å². The van der Waals surface area contributed by atoms with Crippen LogP contribution in [-0.2, 0) is 14.4 Å². The van der Waals surface area contributed by atoms with E-state index in [1.54, 1.807) is 6.92 Å². The van der Waals surface area contributed by atoms with Crippen molar-refractivity contribution in [3.8, 4) is 5.75 Å². The lowest BCUT2D eigenvalue weighted by Crippen LogP contribution is -2.64. The Morgan fingerprint density at radius 1 is 1.16 bits per heavy atom. The van der Waals surface area contributed by atoms with Crippen molar-refractivity contribution in [2.45, 2.75) is 37.9 Å². The number of Topliss-reactive ketones (excluding diaryl/α,β-unsaturated/α-hetero) is 3. The van der Waals surface area contributed by atoms with Crippen molar-refractivity contribution < 1.29 is 44.7 Å².